The van der Waals surface area contributed by atoms with Gasteiger partial charge in [-0.15, -0.1) is 0 Å². The van der Waals surface area contributed by atoms with E-state index in [0.29, 0.717) is 25.9 Å². The zero-order valence-corrected chi connectivity index (χ0v) is 19.8. The number of carbonyl (C=O) groups excluding carboxylic acids is 2. The van der Waals surface area contributed by atoms with Crippen molar-refractivity contribution in [1.29, 1.82) is 0 Å². The SMILES string of the molecule is CCC(=O)N1CCc2cc(S(=O)(=O)N[C@H](C(=O)NCc3ccc(C)cc3)C(C)C)ccc21. The molecular formula is C24H31N3O4S. The van der Waals surface area contributed by atoms with E-state index >= 15 is 0 Å². The number of aryl methyl sites for hydroxylation is 1. The molecule has 0 spiro atoms. The molecule has 172 valence electrons. The van der Waals surface area contributed by atoms with Crippen LogP contribution in [0.4, 0.5) is 5.69 Å². The Hall–Kier alpha value is -2.71. The summed E-state index contributed by atoms with van der Waals surface area (Å²) in [6.07, 6.45) is 1.00. The molecule has 0 radical (unpaired) electrons. The van der Waals surface area contributed by atoms with E-state index in [0.717, 1.165) is 22.4 Å². The minimum Gasteiger partial charge on any atom is -0.351 e. The quantitative estimate of drug-likeness (QED) is 0.637. The first-order valence-electron chi connectivity index (χ1n) is 10.9. The maximum atomic E-state index is 13.1. The molecule has 1 aliphatic heterocycles. The molecule has 0 fully saturated rings. The smallest absolute Gasteiger partial charge is 0.241 e. The van der Waals surface area contributed by atoms with E-state index in [1.54, 1.807) is 37.8 Å². The predicted molar refractivity (Wildman–Crippen MR) is 125 cm³/mol. The van der Waals surface area contributed by atoms with Crippen molar-refractivity contribution in [2.24, 2.45) is 5.92 Å². The molecule has 32 heavy (non-hydrogen) atoms. The van der Waals surface area contributed by atoms with Gasteiger partial charge in [0.1, 0.15) is 6.04 Å². The minimum absolute atomic E-state index is 0.0163. The molecule has 0 saturated carbocycles. The van der Waals surface area contributed by atoms with Gasteiger partial charge in [-0.1, -0.05) is 50.6 Å². The fraction of sp³-hybridized carbons (Fsp3) is 0.417. The van der Waals surface area contributed by atoms with Gasteiger partial charge >= 0.3 is 0 Å². The Labute approximate surface area is 190 Å². The number of sulfonamides is 1. The lowest BCUT2D eigenvalue weighted by Gasteiger charge is -2.22. The van der Waals surface area contributed by atoms with E-state index in [4.69, 9.17) is 0 Å². The van der Waals surface area contributed by atoms with E-state index in [1.165, 1.54) is 6.07 Å². The second-order valence-electron chi connectivity index (χ2n) is 8.49. The lowest BCUT2D eigenvalue weighted by atomic mass is 10.0. The highest BCUT2D eigenvalue weighted by molar-refractivity contribution is 7.89. The van der Waals surface area contributed by atoms with E-state index < -0.39 is 16.1 Å². The Morgan fingerprint density at radius 3 is 2.41 bits per heavy atom. The van der Waals surface area contributed by atoms with Crippen molar-refractivity contribution in [2.75, 3.05) is 11.4 Å². The highest BCUT2D eigenvalue weighted by Gasteiger charge is 2.30. The molecule has 2 aromatic rings. The maximum Gasteiger partial charge on any atom is 0.241 e. The van der Waals surface area contributed by atoms with Crippen LogP contribution in [0.5, 0.6) is 0 Å². The summed E-state index contributed by atoms with van der Waals surface area (Å²) in [6, 6.07) is 11.7. The second-order valence-corrected chi connectivity index (χ2v) is 10.2. The topological polar surface area (TPSA) is 95.6 Å². The standard InChI is InChI=1S/C24H31N3O4S/c1-5-22(28)27-13-12-19-14-20(10-11-21(19)27)32(30,31)26-23(16(2)3)24(29)25-15-18-8-6-17(4)7-9-18/h6-11,14,16,23,26H,5,12-13,15H2,1-4H3,(H,25,29)/t23-/m0/s1. The molecule has 8 heteroatoms. The van der Waals surface area contributed by atoms with Gasteiger partial charge in [0.05, 0.1) is 4.90 Å². The number of nitrogens with one attached hydrogen (secondary N) is 2. The van der Waals surface area contributed by atoms with Gasteiger partial charge in [0.15, 0.2) is 0 Å². The molecule has 3 rings (SSSR count). The summed E-state index contributed by atoms with van der Waals surface area (Å²) < 4.78 is 28.7. The van der Waals surface area contributed by atoms with Gasteiger partial charge in [-0.3, -0.25) is 9.59 Å². The molecule has 1 heterocycles. The highest BCUT2D eigenvalue weighted by atomic mass is 32.2. The highest BCUT2D eigenvalue weighted by Crippen LogP contribution is 2.30. The zero-order chi connectivity index (χ0) is 23.5. The van der Waals surface area contributed by atoms with E-state index in [9.17, 15) is 18.0 Å². The Morgan fingerprint density at radius 1 is 1.09 bits per heavy atom. The molecule has 0 aromatic heterocycles. The molecule has 7 nitrogen and oxygen atoms in total. The molecule has 0 bridgehead atoms. The summed E-state index contributed by atoms with van der Waals surface area (Å²) >= 11 is 0. The summed E-state index contributed by atoms with van der Waals surface area (Å²) in [6.45, 7) is 8.27. The van der Waals surface area contributed by atoms with Crippen molar-refractivity contribution in [3.8, 4) is 0 Å². The normalized spacial score (nSPS) is 14.3. The van der Waals surface area contributed by atoms with Crippen molar-refractivity contribution >= 4 is 27.5 Å². The fourth-order valence-electron chi connectivity index (χ4n) is 3.73. The van der Waals surface area contributed by atoms with Crippen molar-refractivity contribution in [2.45, 2.75) is 58.0 Å². The molecule has 1 atom stereocenters. The number of rotatable bonds is 8. The predicted octanol–water partition coefficient (Wildman–Crippen LogP) is 2.91. The number of hydrogen-bond acceptors (Lipinski definition) is 4. The van der Waals surface area contributed by atoms with Crippen molar-refractivity contribution in [3.05, 3.63) is 59.2 Å². The number of carbonyl (C=O) groups is 2. The third-order valence-electron chi connectivity index (χ3n) is 5.68. The average Bonchev–Trinajstić information content (AvgIpc) is 3.19. The zero-order valence-electron chi connectivity index (χ0n) is 19.0. The van der Waals surface area contributed by atoms with Gasteiger partial charge in [-0.2, -0.15) is 4.72 Å². The summed E-state index contributed by atoms with van der Waals surface area (Å²) in [7, 11) is -3.92. The molecule has 2 N–H and O–H groups in total. The Morgan fingerprint density at radius 2 is 1.78 bits per heavy atom. The van der Waals surface area contributed by atoms with Crippen LogP contribution in [0.25, 0.3) is 0 Å². The van der Waals surface area contributed by atoms with Crippen LogP contribution >= 0.6 is 0 Å². The van der Waals surface area contributed by atoms with Gasteiger partial charge in [0.2, 0.25) is 21.8 Å². The van der Waals surface area contributed by atoms with Crippen LogP contribution in [-0.2, 0) is 32.6 Å². The number of hydrogen-bond donors (Lipinski definition) is 2. The second kappa shape index (κ2) is 9.83. The Kier molecular flexibility index (Phi) is 7.36. The van der Waals surface area contributed by atoms with Gasteiger partial charge in [-0.05, 0) is 48.6 Å². The largest absolute Gasteiger partial charge is 0.351 e. The summed E-state index contributed by atoms with van der Waals surface area (Å²) in [5, 5.41) is 2.83. The van der Waals surface area contributed by atoms with Gasteiger partial charge in [0.25, 0.3) is 0 Å². The molecular weight excluding hydrogens is 426 g/mol. The molecule has 0 unspecified atom stereocenters. The molecule has 0 aliphatic carbocycles. The van der Waals surface area contributed by atoms with Crippen molar-refractivity contribution in [3.63, 3.8) is 0 Å². The molecule has 2 aromatic carbocycles. The lowest BCUT2D eigenvalue weighted by Crippen LogP contribution is -2.49. The number of amides is 2. The van der Waals surface area contributed by atoms with Crippen LogP contribution in [-0.4, -0.2) is 32.8 Å². The molecule has 0 saturated heterocycles. The van der Waals surface area contributed by atoms with Gasteiger partial charge < -0.3 is 10.2 Å². The summed E-state index contributed by atoms with van der Waals surface area (Å²) in [5.74, 6) is -0.595. The van der Waals surface area contributed by atoms with Crippen molar-refractivity contribution in [1.82, 2.24) is 10.0 Å². The first-order chi connectivity index (χ1) is 15.1. The maximum absolute atomic E-state index is 13.1. The first kappa shape index (κ1) is 23.9. The molecule has 2 amide bonds. The number of benzene rings is 2. The Bertz CT molecular complexity index is 1090. The minimum atomic E-state index is -3.92. The monoisotopic (exact) mass is 457 g/mol. The summed E-state index contributed by atoms with van der Waals surface area (Å²) in [4.78, 5) is 26.7. The number of anilines is 1. The van der Waals surface area contributed by atoms with Crippen LogP contribution in [0.3, 0.4) is 0 Å². The van der Waals surface area contributed by atoms with Crippen LogP contribution in [0.1, 0.15) is 43.9 Å². The molecule has 1 aliphatic rings. The van der Waals surface area contributed by atoms with E-state index in [2.05, 4.69) is 10.0 Å². The van der Waals surface area contributed by atoms with Crippen LogP contribution in [0.15, 0.2) is 47.4 Å². The number of fused-ring (bicyclic) bond motifs is 1. The van der Waals surface area contributed by atoms with Crippen molar-refractivity contribution < 1.29 is 18.0 Å². The number of nitrogens with zero attached hydrogens (tertiary/aromatic N) is 1. The first-order valence-corrected chi connectivity index (χ1v) is 12.4. The average molecular weight is 458 g/mol. The van der Waals surface area contributed by atoms with E-state index in [-0.39, 0.29) is 22.6 Å². The Balaban J connectivity index is 1.73. The van der Waals surface area contributed by atoms with Gasteiger partial charge in [0, 0.05) is 25.2 Å². The van der Waals surface area contributed by atoms with Gasteiger partial charge in [-0.25, -0.2) is 8.42 Å². The third kappa shape index (κ3) is 5.37. The van der Waals surface area contributed by atoms with E-state index in [1.807, 2.05) is 31.2 Å². The van der Waals surface area contributed by atoms with Crippen LogP contribution in [0.2, 0.25) is 0 Å². The van der Waals surface area contributed by atoms with Crippen LogP contribution < -0.4 is 14.9 Å². The van der Waals surface area contributed by atoms with Crippen LogP contribution in [0, 0.1) is 12.8 Å². The fourth-order valence-corrected chi connectivity index (χ4v) is 5.12. The third-order valence-corrected chi connectivity index (χ3v) is 7.12. The summed E-state index contributed by atoms with van der Waals surface area (Å²) in [5.41, 5.74) is 3.65. The lowest BCUT2D eigenvalue weighted by molar-refractivity contribution is -0.123.